The maximum absolute atomic E-state index is 12.2. The van der Waals surface area contributed by atoms with Gasteiger partial charge in [0.1, 0.15) is 5.60 Å². The summed E-state index contributed by atoms with van der Waals surface area (Å²) >= 11 is 0. The minimum Gasteiger partial charge on any atom is -0.469 e. The third kappa shape index (κ3) is 2.00. The van der Waals surface area contributed by atoms with Crippen molar-refractivity contribution in [2.75, 3.05) is 7.11 Å². The van der Waals surface area contributed by atoms with Gasteiger partial charge in [-0.2, -0.15) is 0 Å². The molecule has 1 aliphatic heterocycles. The molecular weight excluding hydrogens is 368 g/mol. The summed E-state index contributed by atoms with van der Waals surface area (Å²) < 4.78 is 11.5. The van der Waals surface area contributed by atoms with Gasteiger partial charge in [0.2, 0.25) is 0 Å². The number of ether oxygens (including phenoxy) is 2. The Kier molecular flexibility index (Phi) is 3.42. The first-order valence-corrected chi connectivity index (χ1v) is 11.4. The SMILES string of the molecule is COC(=O)CC[C@]1(O)CC[C@H]2[C@@H]3[C@H]4C[C@H]4C4=CC(=O)CC[C@]4(C)C34O[C@H]4C[C@@]21C. The first kappa shape index (κ1) is 18.6. The average molecular weight is 401 g/mol. The molecule has 1 saturated heterocycles. The normalized spacial score (nSPS) is 56.2. The number of carbonyl (C=O) groups excluding carboxylic acids is 2. The summed E-state index contributed by atoms with van der Waals surface area (Å²) in [6, 6.07) is 0. The highest BCUT2D eigenvalue weighted by Gasteiger charge is 2.84. The summed E-state index contributed by atoms with van der Waals surface area (Å²) in [6.07, 6.45) is 8.22. The number of esters is 1. The van der Waals surface area contributed by atoms with Gasteiger partial charge in [-0.3, -0.25) is 9.59 Å². The number of epoxide rings is 1. The van der Waals surface area contributed by atoms with E-state index < -0.39 is 5.60 Å². The molecule has 5 fully saturated rings. The Morgan fingerprint density at radius 3 is 2.90 bits per heavy atom. The second-order valence-electron chi connectivity index (χ2n) is 11.2. The van der Waals surface area contributed by atoms with Crippen molar-refractivity contribution in [3.8, 4) is 0 Å². The molecule has 0 bridgehead atoms. The van der Waals surface area contributed by atoms with Crippen LogP contribution in [-0.2, 0) is 19.1 Å². The molecule has 9 atom stereocenters. The van der Waals surface area contributed by atoms with Gasteiger partial charge in [0, 0.05) is 23.7 Å². The third-order valence-electron chi connectivity index (χ3n) is 10.4. The lowest BCUT2D eigenvalue weighted by Gasteiger charge is -2.56. The molecule has 1 N–H and O–H groups in total. The molecule has 6 aliphatic rings. The molecule has 1 heterocycles. The number of methoxy groups -OCH3 is 1. The van der Waals surface area contributed by atoms with Gasteiger partial charge in [-0.1, -0.05) is 19.4 Å². The minimum atomic E-state index is -0.825. The van der Waals surface area contributed by atoms with Crippen molar-refractivity contribution in [2.45, 2.75) is 82.5 Å². The zero-order valence-corrected chi connectivity index (χ0v) is 17.7. The van der Waals surface area contributed by atoms with Gasteiger partial charge in [0.15, 0.2) is 5.78 Å². The van der Waals surface area contributed by atoms with Crippen molar-refractivity contribution < 1.29 is 24.2 Å². The lowest BCUT2D eigenvalue weighted by Crippen LogP contribution is -2.60. The molecule has 0 aromatic heterocycles. The molecule has 1 spiro atoms. The maximum Gasteiger partial charge on any atom is 0.305 e. The average Bonchev–Trinajstić information content (AvgIpc) is 3.58. The Morgan fingerprint density at radius 2 is 2.14 bits per heavy atom. The van der Waals surface area contributed by atoms with E-state index >= 15 is 0 Å². The molecule has 4 saturated carbocycles. The zero-order chi connectivity index (χ0) is 20.4. The Bertz CT molecular complexity index is 848. The van der Waals surface area contributed by atoms with Crippen LogP contribution in [0.4, 0.5) is 0 Å². The van der Waals surface area contributed by atoms with E-state index in [0.29, 0.717) is 36.5 Å². The lowest BCUT2D eigenvalue weighted by molar-refractivity contribution is -0.147. The van der Waals surface area contributed by atoms with Crippen LogP contribution >= 0.6 is 0 Å². The van der Waals surface area contributed by atoms with Crippen molar-refractivity contribution in [1.29, 1.82) is 0 Å². The molecule has 0 amide bonds. The van der Waals surface area contributed by atoms with Crippen LogP contribution in [-0.4, -0.2) is 41.3 Å². The lowest BCUT2D eigenvalue weighted by atomic mass is 9.46. The van der Waals surface area contributed by atoms with E-state index in [-0.39, 0.29) is 40.7 Å². The topological polar surface area (TPSA) is 76.1 Å². The summed E-state index contributed by atoms with van der Waals surface area (Å²) in [5.74, 6) is 2.07. The Morgan fingerprint density at radius 1 is 1.34 bits per heavy atom. The predicted molar refractivity (Wildman–Crippen MR) is 105 cm³/mol. The number of rotatable bonds is 3. The van der Waals surface area contributed by atoms with Crippen molar-refractivity contribution in [3.63, 3.8) is 0 Å². The van der Waals surface area contributed by atoms with E-state index in [4.69, 9.17) is 9.47 Å². The van der Waals surface area contributed by atoms with Gasteiger partial charge in [-0.15, -0.1) is 0 Å². The van der Waals surface area contributed by atoms with Crippen molar-refractivity contribution in [2.24, 2.45) is 34.5 Å². The van der Waals surface area contributed by atoms with E-state index in [2.05, 4.69) is 13.8 Å². The number of aliphatic hydroxyl groups is 1. The Labute approximate surface area is 172 Å². The Balaban J connectivity index is 1.37. The number of carbonyl (C=O) groups is 2. The van der Waals surface area contributed by atoms with E-state index in [9.17, 15) is 14.7 Å². The van der Waals surface area contributed by atoms with Gasteiger partial charge in [0.25, 0.3) is 0 Å². The summed E-state index contributed by atoms with van der Waals surface area (Å²) in [7, 11) is 1.41. The van der Waals surface area contributed by atoms with Crippen LogP contribution in [0.5, 0.6) is 0 Å². The van der Waals surface area contributed by atoms with E-state index in [1.807, 2.05) is 6.08 Å². The number of hydrogen-bond acceptors (Lipinski definition) is 5. The molecule has 29 heavy (non-hydrogen) atoms. The molecule has 1 unspecified atom stereocenters. The van der Waals surface area contributed by atoms with Crippen LogP contribution in [0.3, 0.4) is 0 Å². The summed E-state index contributed by atoms with van der Waals surface area (Å²) in [5.41, 5.74) is 0.177. The Hall–Kier alpha value is -1.20. The first-order valence-electron chi connectivity index (χ1n) is 11.4. The molecule has 0 aromatic carbocycles. The van der Waals surface area contributed by atoms with Gasteiger partial charge in [-0.05, 0) is 68.3 Å². The first-order chi connectivity index (χ1) is 13.7. The van der Waals surface area contributed by atoms with Gasteiger partial charge < -0.3 is 14.6 Å². The molecular formula is C24H32O5. The van der Waals surface area contributed by atoms with Gasteiger partial charge in [-0.25, -0.2) is 0 Å². The predicted octanol–water partition coefficient (Wildman–Crippen LogP) is 3.19. The fourth-order valence-electron chi connectivity index (χ4n) is 8.75. The molecule has 158 valence electrons. The van der Waals surface area contributed by atoms with E-state index in [0.717, 1.165) is 25.7 Å². The van der Waals surface area contributed by atoms with Crippen LogP contribution in [0.25, 0.3) is 0 Å². The second-order valence-corrected chi connectivity index (χ2v) is 11.2. The van der Waals surface area contributed by atoms with Crippen LogP contribution in [0, 0.1) is 34.5 Å². The molecule has 0 aromatic rings. The number of fused-ring (bicyclic) bond motifs is 6. The minimum absolute atomic E-state index is 0.0258. The second kappa shape index (κ2) is 5.34. The van der Waals surface area contributed by atoms with Gasteiger partial charge >= 0.3 is 5.97 Å². The fraction of sp³-hybridized carbons (Fsp3) is 0.833. The maximum atomic E-state index is 12.2. The van der Waals surface area contributed by atoms with Crippen LogP contribution in [0.2, 0.25) is 0 Å². The third-order valence-corrected chi connectivity index (χ3v) is 10.4. The zero-order valence-electron chi connectivity index (χ0n) is 17.7. The summed E-state index contributed by atoms with van der Waals surface area (Å²) in [6.45, 7) is 4.61. The van der Waals surface area contributed by atoms with E-state index in [1.165, 1.54) is 19.1 Å². The van der Waals surface area contributed by atoms with E-state index in [1.54, 1.807) is 0 Å². The largest absolute Gasteiger partial charge is 0.469 e. The molecule has 5 aliphatic carbocycles. The van der Waals surface area contributed by atoms with Crippen LogP contribution in [0.1, 0.15) is 65.2 Å². The number of hydrogen-bond donors (Lipinski definition) is 1. The van der Waals surface area contributed by atoms with Crippen molar-refractivity contribution in [3.05, 3.63) is 11.6 Å². The molecule has 5 heteroatoms. The quantitative estimate of drug-likeness (QED) is 0.582. The fourth-order valence-corrected chi connectivity index (χ4v) is 8.75. The standard InChI is InChI=1S/C24H32O5/c1-21-7-4-13(25)10-17(21)14-11-15(14)20-16-5-8-23(27,9-6-19(26)28-3)22(16,2)12-18-24(20,21)29-18/h10,14-16,18,20,27H,4-9,11-12H2,1-3H3/t14-,15+,16+,18+,20+,21+,22+,23-,24?/m1/s1. The van der Waals surface area contributed by atoms with Crippen LogP contribution in [0.15, 0.2) is 11.6 Å². The molecule has 5 nitrogen and oxygen atoms in total. The smallest absolute Gasteiger partial charge is 0.305 e. The highest BCUT2D eigenvalue weighted by molar-refractivity contribution is 5.92. The summed E-state index contributed by atoms with van der Waals surface area (Å²) in [4.78, 5) is 24.0. The highest BCUT2D eigenvalue weighted by Crippen LogP contribution is 2.82. The van der Waals surface area contributed by atoms with Gasteiger partial charge in [0.05, 0.1) is 18.8 Å². The monoisotopic (exact) mass is 400 g/mol. The molecule has 6 rings (SSSR count). The highest BCUT2D eigenvalue weighted by atomic mass is 16.6. The van der Waals surface area contributed by atoms with Crippen molar-refractivity contribution in [1.82, 2.24) is 0 Å². The van der Waals surface area contributed by atoms with Crippen molar-refractivity contribution >= 4 is 11.8 Å². The molecule has 0 radical (unpaired) electrons. The summed E-state index contributed by atoms with van der Waals surface area (Å²) in [5, 5.41) is 11.7. The van der Waals surface area contributed by atoms with Crippen LogP contribution < -0.4 is 0 Å². The number of ketones is 1.